The monoisotopic (exact) mass is 474 g/mol. The highest BCUT2D eigenvalue weighted by atomic mass is 35.5. The SMILES string of the molecule is CC(Cc1ccc2cc(Cl)c(N)nc2c1)C1=C[C@@H](n2ccc3cccnc32)[C@@H]2OC(C)(C)O[C@H]12. The Bertz CT molecular complexity index is 1440. The summed E-state index contributed by atoms with van der Waals surface area (Å²) in [6.07, 6.45) is 6.93. The van der Waals surface area contributed by atoms with E-state index in [2.05, 4.69) is 64.1 Å². The number of nitrogen functional groups attached to an aromatic ring is 1. The number of hydrogen-bond donors (Lipinski definition) is 1. The molecule has 7 heteroatoms. The molecule has 3 aromatic heterocycles. The highest BCUT2D eigenvalue weighted by molar-refractivity contribution is 6.33. The number of pyridine rings is 2. The largest absolute Gasteiger partial charge is 0.382 e. The molecule has 2 N–H and O–H groups in total. The standard InChI is InChI=1S/C27H27ClN4O2/c1-15(11-16-6-7-18-13-20(28)25(29)31-21(18)12-16)19-14-22(24-23(19)33-27(2,3)34-24)32-10-8-17-5-4-9-30-26(17)32/h4-10,12-15,22-24H,11H2,1-3H3,(H2,29,31)/t15?,22-,23-,24+/m1/s1. The fourth-order valence-electron chi connectivity index (χ4n) is 5.39. The van der Waals surface area contributed by atoms with Crippen LogP contribution >= 0.6 is 11.6 Å². The molecule has 1 saturated heterocycles. The van der Waals surface area contributed by atoms with Crippen LogP contribution in [0.1, 0.15) is 32.4 Å². The van der Waals surface area contributed by atoms with Gasteiger partial charge in [-0.25, -0.2) is 9.97 Å². The van der Waals surface area contributed by atoms with Crippen LogP contribution < -0.4 is 5.73 Å². The van der Waals surface area contributed by atoms with Gasteiger partial charge in [-0.1, -0.05) is 36.7 Å². The number of nitrogens with two attached hydrogens (primary N) is 1. The molecule has 0 saturated carbocycles. The third-order valence-electron chi connectivity index (χ3n) is 6.93. The molecular formula is C27H27ClN4O2. The summed E-state index contributed by atoms with van der Waals surface area (Å²) in [5, 5.41) is 2.59. The Kier molecular flexibility index (Phi) is 4.96. The second-order valence-corrected chi connectivity index (χ2v) is 10.2. The van der Waals surface area contributed by atoms with Crippen molar-refractivity contribution in [2.75, 3.05) is 5.73 Å². The Hall–Kier alpha value is -2.93. The Balaban J connectivity index is 1.34. The molecule has 4 atom stereocenters. The van der Waals surface area contributed by atoms with E-state index >= 15 is 0 Å². The van der Waals surface area contributed by atoms with Crippen LogP contribution in [0.2, 0.25) is 5.02 Å². The minimum atomic E-state index is -0.632. The quantitative estimate of drug-likeness (QED) is 0.384. The number of fused-ring (bicyclic) bond motifs is 3. The summed E-state index contributed by atoms with van der Waals surface area (Å²) in [4.78, 5) is 9.09. The lowest BCUT2D eigenvalue weighted by Gasteiger charge is -2.22. The fraction of sp³-hybridized carbons (Fsp3) is 0.333. The van der Waals surface area contributed by atoms with E-state index in [0.717, 1.165) is 28.4 Å². The van der Waals surface area contributed by atoms with E-state index in [1.807, 2.05) is 32.2 Å². The molecule has 0 radical (unpaired) electrons. The first-order chi connectivity index (χ1) is 16.3. The van der Waals surface area contributed by atoms with Gasteiger partial charge in [-0.2, -0.15) is 0 Å². The number of rotatable bonds is 4. The number of ether oxygens (including phenoxy) is 2. The van der Waals surface area contributed by atoms with Crippen molar-refractivity contribution >= 4 is 39.4 Å². The summed E-state index contributed by atoms with van der Waals surface area (Å²) in [6, 6.07) is 14.3. The van der Waals surface area contributed by atoms with Crippen molar-refractivity contribution < 1.29 is 9.47 Å². The molecule has 1 unspecified atom stereocenters. The summed E-state index contributed by atoms with van der Waals surface area (Å²) in [5.74, 6) is -0.0194. The van der Waals surface area contributed by atoms with Crippen LogP contribution in [0.3, 0.4) is 0 Å². The maximum absolute atomic E-state index is 6.42. The maximum atomic E-state index is 6.42. The summed E-state index contributed by atoms with van der Waals surface area (Å²) in [7, 11) is 0. The number of hydrogen-bond acceptors (Lipinski definition) is 5. The average Bonchev–Trinajstić information content (AvgIpc) is 3.45. The zero-order valence-corrected chi connectivity index (χ0v) is 20.2. The number of halogens is 1. The molecule has 1 aliphatic carbocycles. The van der Waals surface area contributed by atoms with Crippen LogP contribution in [-0.4, -0.2) is 32.5 Å². The van der Waals surface area contributed by atoms with Crippen molar-refractivity contribution in [1.82, 2.24) is 14.5 Å². The zero-order chi connectivity index (χ0) is 23.6. The summed E-state index contributed by atoms with van der Waals surface area (Å²) >= 11 is 6.14. The predicted octanol–water partition coefficient (Wildman–Crippen LogP) is 5.70. The molecule has 6 nitrogen and oxygen atoms in total. The van der Waals surface area contributed by atoms with Gasteiger partial charge in [0.25, 0.3) is 0 Å². The second kappa shape index (κ2) is 7.80. The van der Waals surface area contributed by atoms with E-state index in [4.69, 9.17) is 26.8 Å². The van der Waals surface area contributed by atoms with Gasteiger partial charge in [0.05, 0.1) is 16.6 Å². The van der Waals surface area contributed by atoms with Gasteiger partial charge in [-0.05, 0) is 67.7 Å². The van der Waals surface area contributed by atoms with Crippen LogP contribution in [0.4, 0.5) is 5.82 Å². The Morgan fingerprint density at radius 1 is 1.15 bits per heavy atom. The van der Waals surface area contributed by atoms with Crippen molar-refractivity contribution in [1.29, 1.82) is 0 Å². The Labute approximate surface area is 203 Å². The minimum Gasteiger partial charge on any atom is -0.382 e. The van der Waals surface area contributed by atoms with Gasteiger partial charge in [-0.3, -0.25) is 0 Å². The van der Waals surface area contributed by atoms with Crippen LogP contribution in [-0.2, 0) is 15.9 Å². The molecule has 2 aliphatic rings. The molecule has 1 aliphatic heterocycles. The van der Waals surface area contributed by atoms with Crippen LogP contribution in [0, 0.1) is 5.92 Å². The lowest BCUT2D eigenvalue weighted by Crippen LogP contribution is -2.28. The molecule has 4 aromatic rings. The topological polar surface area (TPSA) is 75.2 Å². The van der Waals surface area contributed by atoms with Crippen molar-refractivity contribution in [3.63, 3.8) is 0 Å². The summed E-state index contributed by atoms with van der Waals surface area (Å²) in [6.45, 7) is 6.22. The van der Waals surface area contributed by atoms with Gasteiger partial charge in [0.1, 0.15) is 23.7 Å². The van der Waals surface area contributed by atoms with Crippen LogP contribution in [0.25, 0.3) is 21.9 Å². The maximum Gasteiger partial charge on any atom is 0.164 e. The molecular weight excluding hydrogens is 448 g/mol. The van der Waals surface area contributed by atoms with Gasteiger partial charge in [0.2, 0.25) is 0 Å². The van der Waals surface area contributed by atoms with Crippen molar-refractivity contribution in [3.05, 3.63) is 77.1 Å². The third kappa shape index (κ3) is 3.57. The first kappa shape index (κ1) is 21.6. The van der Waals surface area contributed by atoms with Crippen LogP contribution in [0.15, 0.2) is 66.5 Å². The zero-order valence-electron chi connectivity index (χ0n) is 19.4. The van der Waals surface area contributed by atoms with E-state index in [1.54, 1.807) is 0 Å². The van der Waals surface area contributed by atoms with Crippen molar-refractivity contribution in [2.45, 2.75) is 51.2 Å². The van der Waals surface area contributed by atoms with Crippen molar-refractivity contribution in [3.8, 4) is 0 Å². The first-order valence-electron chi connectivity index (χ1n) is 11.6. The fourth-order valence-corrected chi connectivity index (χ4v) is 5.55. The number of aromatic nitrogens is 3. The Morgan fingerprint density at radius 2 is 2.00 bits per heavy atom. The third-order valence-corrected chi connectivity index (χ3v) is 7.23. The van der Waals surface area contributed by atoms with Gasteiger partial charge in [0.15, 0.2) is 5.79 Å². The van der Waals surface area contributed by atoms with Crippen LogP contribution in [0.5, 0.6) is 0 Å². The molecule has 34 heavy (non-hydrogen) atoms. The molecule has 1 aromatic carbocycles. The summed E-state index contributed by atoms with van der Waals surface area (Å²) < 4.78 is 15.0. The Morgan fingerprint density at radius 3 is 2.85 bits per heavy atom. The van der Waals surface area contributed by atoms with E-state index < -0.39 is 5.79 Å². The molecule has 0 bridgehead atoms. The van der Waals surface area contributed by atoms with E-state index in [-0.39, 0.29) is 24.2 Å². The first-order valence-corrected chi connectivity index (χ1v) is 12.0. The number of benzene rings is 1. The van der Waals surface area contributed by atoms with Gasteiger partial charge in [0, 0.05) is 23.2 Å². The number of nitrogens with zero attached hydrogens (tertiary/aromatic N) is 3. The van der Waals surface area contributed by atoms with E-state index in [9.17, 15) is 0 Å². The number of anilines is 1. The molecule has 1 fully saturated rings. The highest BCUT2D eigenvalue weighted by Gasteiger charge is 2.51. The molecule has 0 amide bonds. The van der Waals surface area contributed by atoms with Crippen molar-refractivity contribution in [2.24, 2.45) is 5.92 Å². The van der Waals surface area contributed by atoms with Gasteiger partial charge in [-0.15, -0.1) is 0 Å². The average molecular weight is 475 g/mol. The molecule has 0 spiro atoms. The van der Waals surface area contributed by atoms with Gasteiger partial charge >= 0.3 is 0 Å². The normalized spacial score (nSPS) is 24.5. The van der Waals surface area contributed by atoms with E-state index in [1.165, 1.54) is 11.1 Å². The molecule has 174 valence electrons. The smallest absolute Gasteiger partial charge is 0.164 e. The van der Waals surface area contributed by atoms with Gasteiger partial charge < -0.3 is 19.8 Å². The summed E-state index contributed by atoms with van der Waals surface area (Å²) in [5.41, 5.74) is 10.2. The molecule has 4 heterocycles. The molecule has 6 rings (SSSR count). The van der Waals surface area contributed by atoms with E-state index in [0.29, 0.717) is 10.8 Å². The lowest BCUT2D eigenvalue weighted by atomic mass is 9.91. The predicted molar refractivity (Wildman–Crippen MR) is 135 cm³/mol. The minimum absolute atomic E-state index is 0.0248. The lowest BCUT2D eigenvalue weighted by molar-refractivity contribution is -0.148. The highest BCUT2D eigenvalue weighted by Crippen LogP contribution is 2.46. The second-order valence-electron chi connectivity index (χ2n) is 9.80.